The normalized spacial score (nSPS) is 10.9. The number of nitrogens with one attached hydrogen (secondary N) is 2. The Hall–Kier alpha value is -2.97. The lowest BCUT2D eigenvalue weighted by molar-refractivity contribution is 0.0740. The fourth-order valence-electron chi connectivity index (χ4n) is 2.81. The highest BCUT2D eigenvalue weighted by Gasteiger charge is 2.18. The van der Waals surface area contributed by atoms with Gasteiger partial charge in [-0.05, 0) is 66.3 Å². The Morgan fingerprint density at radius 2 is 1.81 bits per heavy atom. The summed E-state index contributed by atoms with van der Waals surface area (Å²) in [6, 6.07) is 21.7. The second kappa shape index (κ2) is 10.1. The summed E-state index contributed by atoms with van der Waals surface area (Å²) in [6.45, 7) is 0. The first-order valence-corrected chi connectivity index (χ1v) is 11.3. The standard InChI is InChI=1S/C23H15Cl2N3O2S2/c24-15-4-3-5-16(12-15)27-23(31)28-26-13-14-8-10-17(11-9-14)30-22(29)21-20(25)18-6-1-2-7-19(18)32-21/h1-13H,(H2,27,28,31)/b26-13+. The van der Waals surface area contributed by atoms with Crippen molar-refractivity contribution in [3.63, 3.8) is 0 Å². The highest BCUT2D eigenvalue weighted by Crippen LogP contribution is 2.35. The predicted molar refractivity (Wildman–Crippen MR) is 137 cm³/mol. The molecule has 5 nitrogen and oxygen atoms in total. The second-order valence-corrected chi connectivity index (χ2v) is 8.81. The van der Waals surface area contributed by atoms with Gasteiger partial charge in [0.05, 0.1) is 11.2 Å². The Balaban J connectivity index is 1.34. The van der Waals surface area contributed by atoms with E-state index in [1.807, 2.05) is 36.4 Å². The quantitative estimate of drug-likeness (QED) is 0.104. The van der Waals surface area contributed by atoms with Crippen molar-refractivity contribution in [2.45, 2.75) is 0 Å². The van der Waals surface area contributed by atoms with Crippen LogP contribution in [0.1, 0.15) is 15.2 Å². The number of hydrogen-bond acceptors (Lipinski definition) is 5. The van der Waals surface area contributed by atoms with Crippen molar-refractivity contribution in [3.8, 4) is 5.75 Å². The van der Waals surface area contributed by atoms with Gasteiger partial charge in [-0.15, -0.1) is 11.3 Å². The molecule has 4 rings (SSSR count). The lowest BCUT2D eigenvalue weighted by atomic mass is 10.2. The number of esters is 1. The summed E-state index contributed by atoms with van der Waals surface area (Å²) in [5.74, 6) is -0.0801. The number of nitrogens with zero attached hydrogens (tertiary/aromatic N) is 1. The number of carbonyl (C=O) groups is 1. The van der Waals surface area contributed by atoms with Crippen molar-refractivity contribution in [3.05, 3.63) is 93.3 Å². The van der Waals surface area contributed by atoms with Gasteiger partial charge >= 0.3 is 5.97 Å². The molecule has 0 saturated heterocycles. The van der Waals surface area contributed by atoms with Gasteiger partial charge in [0.25, 0.3) is 0 Å². The maximum atomic E-state index is 12.5. The summed E-state index contributed by atoms with van der Waals surface area (Å²) in [5, 5.41) is 9.27. The number of hydrogen-bond donors (Lipinski definition) is 2. The molecule has 0 spiro atoms. The maximum absolute atomic E-state index is 12.5. The number of hydrazone groups is 1. The molecule has 0 aliphatic heterocycles. The minimum Gasteiger partial charge on any atom is -0.422 e. The minimum absolute atomic E-state index is 0.328. The predicted octanol–water partition coefficient (Wildman–Crippen LogP) is 6.75. The van der Waals surface area contributed by atoms with Crippen molar-refractivity contribution in [2.24, 2.45) is 5.10 Å². The number of thiophene rings is 1. The van der Waals surface area contributed by atoms with Crippen LogP contribution in [0.4, 0.5) is 5.69 Å². The van der Waals surface area contributed by atoms with Crippen LogP contribution in [0.3, 0.4) is 0 Å². The van der Waals surface area contributed by atoms with Crippen LogP contribution in [0.5, 0.6) is 5.75 Å². The molecule has 9 heteroatoms. The smallest absolute Gasteiger partial charge is 0.355 e. The molecule has 3 aromatic carbocycles. The van der Waals surface area contributed by atoms with Crippen molar-refractivity contribution < 1.29 is 9.53 Å². The largest absolute Gasteiger partial charge is 0.422 e. The Labute approximate surface area is 203 Å². The van der Waals surface area contributed by atoms with Gasteiger partial charge in [-0.3, -0.25) is 5.43 Å². The molecular weight excluding hydrogens is 485 g/mol. The summed E-state index contributed by atoms with van der Waals surface area (Å²) < 4.78 is 6.41. The molecule has 0 amide bonds. The molecule has 0 saturated carbocycles. The zero-order valence-corrected chi connectivity index (χ0v) is 19.5. The summed E-state index contributed by atoms with van der Waals surface area (Å²) >= 11 is 18.8. The fraction of sp³-hybridized carbons (Fsp3) is 0. The molecule has 1 heterocycles. The molecule has 0 fully saturated rings. The van der Waals surface area contributed by atoms with E-state index in [9.17, 15) is 4.79 Å². The highest BCUT2D eigenvalue weighted by atomic mass is 35.5. The van der Waals surface area contributed by atoms with E-state index in [-0.39, 0.29) is 0 Å². The number of benzene rings is 3. The Bertz CT molecular complexity index is 1320. The Morgan fingerprint density at radius 1 is 1.03 bits per heavy atom. The number of anilines is 1. The third kappa shape index (κ3) is 5.44. The molecule has 0 aliphatic carbocycles. The van der Waals surface area contributed by atoms with Crippen LogP contribution in [0.15, 0.2) is 77.9 Å². The molecule has 4 aromatic rings. The van der Waals surface area contributed by atoms with Gasteiger partial charge in [-0.1, -0.05) is 47.5 Å². The van der Waals surface area contributed by atoms with Crippen molar-refractivity contribution >= 4 is 79.8 Å². The summed E-state index contributed by atoms with van der Waals surface area (Å²) in [7, 11) is 0. The van der Waals surface area contributed by atoms with Crippen LogP contribution in [-0.2, 0) is 0 Å². The van der Waals surface area contributed by atoms with Crippen LogP contribution in [0.25, 0.3) is 10.1 Å². The van der Waals surface area contributed by atoms with Gasteiger partial charge in [0.15, 0.2) is 5.11 Å². The van der Waals surface area contributed by atoms with Gasteiger partial charge in [0.2, 0.25) is 0 Å². The monoisotopic (exact) mass is 499 g/mol. The topological polar surface area (TPSA) is 62.7 Å². The first kappa shape index (κ1) is 22.2. The molecule has 0 unspecified atom stereocenters. The van der Waals surface area contributed by atoms with Gasteiger partial charge in [0.1, 0.15) is 10.6 Å². The van der Waals surface area contributed by atoms with Crippen molar-refractivity contribution in [2.75, 3.05) is 5.32 Å². The molecule has 2 N–H and O–H groups in total. The van der Waals surface area contributed by atoms with E-state index in [1.165, 1.54) is 11.3 Å². The molecule has 0 radical (unpaired) electrons. The number of carbonyl (C=O) groups excluding carboxylic acids is 1. The van der Waals surface area contributed by atoms with Gasteiger partial charge in [-0.2, -0.15) is 5.10 Å². The van der Waals surface area contributed by atoms with Crippen LogP contribution in [-0.4, -0.2) is 17.3 Å². The van der Waals surface area contributed by atoms with Crippen molar-refractivity contribution in [1.82, 2.24) is 5.43 Å². The van der Waals surface area contributed by atoms with Gasteiger partial charge in [-0.25, -0.2) is 4.79 Å². The van der Waals surface area contributed by atoms with Crippen molar-refractivity contribution in [1.29, 1.82) is 0 Å². The maximum Gasteiger partial charge on any atom is 0.355 e. The number of fused-ring (bicyclic) bond motifs is 1. The van der Waals surface area contributed by atoms with Crippen LogP contribution < -0.4 is 15.5 Å². The van der Waals surface area contributed by atoms with Crippen LogP contribution in [0, 0.1) is 0 Å². The van der Waals surface area contributed by atoms with E-state index in [0.29, 0.717) is 25.8 Å². The Morgan fingerprint density at radius 3 is 2.56 bits per heavy atom. The lowest BCUT2D eigenvalue weighted by Gasteiger charge is -2.07. The average molecular weight is 500 g/mol. The number of thiocarbonyl (C=S) groups is 1. The van der Waals surface area contributed by atoms with E-state index in [2.05, 4.69) is 15.8 Å². The van der Waals surface area contributed by atoms with E-state index in [1.54, 1.807) is 42.6 Å². The average Bonchev–Trinajstić information content (AvgIpc) is 3.12. The first-order chi connectivity index (χ1) is 15.5. The highest BCUT2D eigenvalue weighted by molar-refractivity contribution is 7.80. The minimum atomic E-state index is -0.489. The number of ether oxygens (including phenoxy) is 1. The zero-order chi connectivity index (χ0) is 22.5. The lowest BCUT2D eigenvalue weighted by Crippen LogP contribution is -2.23. The van der Waals surface area contributed by atoms with E-state index < -0.39 is 5.97 Å². The molecule has 32 heavy (non-hydrogen) atoms. The van der Waals surface area contributed by atoms with E-state index in [0.717, 1.165) is 21.3 Å². The van der Waals surface area contributed by atoms with Gasteiger partial charge in [0, 0.05) is 20.8 Å². The fourth-order valence-corrected chi connectivity index (χ4v) is 4.56. The number of halogens is 2. The summed E-state index contributed by atoms with van der Waals surface area (Å²) in [4.78, 5) is 12.9. The molecule has 0 atom stereocenters. The second-order valence-electron chi connectivity index (χ2n) is 6.53. The summed E-state index contributed by atoms with van der Waals surface area (Å²) in [6.07, 6.45) is 1.60. The number of rotatable bonds is 5. The van der Waals surface area contributed by atoms with Gasteiger partial charge < -0.3 is 10.1 Å². The molecule has 1 aromatic heterocycles. The SMILES string of the molecule is O=C(Oc1ccc(/C=N/NC(=S)Nc2cccc(Cl)c2)cc1)c1sc2ccccc2c1Cl. The molecule has 0 bridgehead atoms. The van der Waals surface area contributed by atoms with E-state index in [4.69, 9.17) is 40.2 Å². The summed E-state index contributed by atoms with van der Waals surface area (Å²) in [5.41, 5.74) is 4.29. The third-order valence-electron chi connectivity index (χ3n) is 4.27. The molecule has 0 aliphatic rings. The van der Waals surface area contributed by atoms with Crippen LogP contribution >= 0.6 is 46.8 Å². The third-order valence-corrected chi connectivity index (χ3v) is 6.36. The zero-order valence-electron chi connectivity index (χ0n) is 16.3. The molecular formula is C23H15Cl2N3O2S2. The first-order valence-electron chi connectivity index (χ1n) is 9.34. The van der Waals surface area contributed by atoms with E-state index >= 15 is 0 Å². The van der Waals surface area contributed by atoms with Crippen LogP contribution in [0.2, 0.25) is 10.0 Å². The Kier molecular flexibility index (Phi) is 7.02. The molecule has 160 valence electrons.